The first-order valence-corrected chi connectivity index (χ1v) is 3.79. The first kappa shape index (κ1) is 9.00. The molecule has 0 fully saturated rings. The van der Waals surface area contributed by atoms with E-state index in [9.17, 15) is 0 Å². The van der Waals surface area contributed by atoms with Gasteiger partial charge < -0.3 is 0 Å². The molecule has 0 N–H and O–H groups in total. The quantitative estimate of drug-likeness (QED) is 0.543. The Bertz CT molecular complexity index is 55.1. The van der Waals surface area contributed by atoms with Gasteiger partial charge in [-0.2, -0.15) is 0 Å². The minimum atomic E-state index is 0.610. The molecule has 0 nitrogen and oxygen atoms in total. The average molecular weight is 126 g/mol. The van der Waals surface area contributed by atoms with E-state index in [-0.39, 0.29) is 0 Å². The van der Waals surface area contributed by atoms with Gasteiger partial charge in [0.05, 0.1) is 0 Å². The van der Waals surface area contributed by atoms with E-state index in [0.717, 1.165) is 12.3 Å². The van der Waals surface area contributed by atoms with Crippen LogP contribution in [0.1, 0.15) is 33.1 Å². The Morgan fingerprint density at radius 2 is 1.78 bits per heavy atom. The van der Waals surface area contributed by atoms with E-state index in [2.05, 4.69) is 27.7 Å². The summed E-state index contributed by atoms with van der Waals surface area (Å²) in [5, 5.41) is 0. The van der Waals surface area contributed by atoms with E-state index in [1.807, 2.05) is 0 Å². The van der Waals surface area contributed by atoms with Gasteiger partial charge in [-0.25, -0.2) is 0 Å². The fourth-order valence-corrected chi connectivity index (χ4v) is 0.713. The van der Waals surface area contributed by atoms with Crippen molar-refractivity contribution < 1.29 is 0 Å². The van der Waals surface area contributed by atoms with Gasteiger partial charge in [-0.3, -0.25) is 0 Å². The van der Waals surface area contributed by atoms with E-state index < -0.39 is 0 Å². The molecule has 2 atom stereocenters. The average Bonchev–Trinajstić information content (AvgIpc) is 1.83. The van der Waals surface area contributed by atoms with Crippen LogP contribution in [-0.4, -0.2) is 0 Å². The summed E-state index contributed by atoms with van der Waals surface area (Å²) in [7, 11) is 0. The van der Waals surface area contributed by atoms with Crippen LogP contribution in [0, 0.1) is 25.7 Å². The predicted octanol–water partition coefficient (Wildman–Crippen LogP) is 3.10. The summed E-state index contributed by atoms with van der Waals surface area (Å²) < 4.78 is 0. The van der Waals surface area contributed by atoms with Crippen LogP contribution in [0.2, 0.25) is 0 Å². The smallest absolute Gasteiger partial charge is 0.0443 e. The van der Waals surface area contributed by atoms with Gasteiger partial charge in [-0.1, -0.05) is 47.0 Å². The maximum atomic E-state index is 3.92. The highest BCUT2D eigenvalue weighted by Gasteiger charge is 1.99. The lowest BCUT2D eigenvalue weighted by atomic mass is 9.98. The van der Waals surface area contributed by atoms with Crippen molar-refractivity contribution >= 4 is 0 Å². The SMILES string of the molecule is [CH2]CC(C)CCC([CH2])C. The summed E-state index contributed by atoms with van der Waals surface area (Å²) in [6, 6.07) is 0. The second-order valence-electron chi connectivity index (χ2n) is 3.08. The highest BCUT2D eigenvalue weighted by molar-refractivity contribution is 4.59. The minimum absolute atomic E-state index is 0.610. The molecule has 2 radical (unpaired) electrons. The zero-order chi connectivity index (χ0) is 7.28. The van der Waals surface area contributed by atoms with Gasteiger partial charge in [-0.15, -0.1) is 0 Å². The largest absolute Gasteiger partial charge is 0.0625 e. The van der Waals surface area contributed by atoms with Crippen molar-refractivity contribution in [1.29, 1.82) is 0 Å². The van der Waals surface area contributed by atoms with Crippen LogP contribution in [0.15, 0.2) is 0 Å². The summed E-state index contributed by atoms with van der Waals surface area (Å²) in [4.78, 5) is 0. The molecule has 0 aliphatic heterocycles. The Balaban J connectivity index is 3.06. The summed E-state index contributed by atoms with van der Waals surface area (Å²) in [5.41, 5.74) is 0. The van der Waals surface area contributed by atoms with Crippen molar-refractivity contribution in [2.45, 2.75) is 33.1 Å². The summed E-state index contributed by atoms with van der Waals surface area (Å²) in [5.74, 6) is 1.40. The van der Waals surface area contributed by atoms with Crippen LogP contribution in [0.4, 0.5) is 0 Å². The van der Waals surface area contributed by atoms with Crippen molar-refractivity contribution in [3.05, 3.63) is 13.8 Å². The summed E-state index contributed by atoms with van der Waals surface area (Å²) >= 11 is 0. The zero-order valence-electron chi connectivity index (χ0n) is 6.69. The second kappa shape index (κ2) is 4.84. The third-order valence-corrected chi connectivity index (χ3v) is 1.65. The molecule has 0 spiro atoms. The van der Waals surface area contributed by atoms with E-state index in [4.69, 9.17) is 0 Å². The lowest BCUT2D eigenvalue weighted by molar-refractivity contribution is 0.472. The molecular formula is C9H18. The maximum Gasteiger partial charge on any atom is -0.0443 e. The topological polar surface area (TPSA) is 0 Å². The first-order chi connectivity index (χ1) is 4.16. The third kappa shape index (κ3) is 5.88. The van der Waals surface area contributed by atoms with Gasteiger partial charge in [0.25, 0.3) is 0 Å². The molecule has 0 heteroatoms. The Morgan fingerprint density at radius 1 is 1.22 bits per heavy atom. The van der Waals surface area contributed by atoms with Gasteiger partial charge >= 0.3 is 0 Å². The summed E-state index contributed by atoms with van der Waals surface area (Å²) in [6.07, 6.45) is 3.59. The second-order valence-corrected chi connectivity index (χ2v) is 3.08. The van der Waals surface area contributed by atoms with E-state index in [0.29, 0.717) is 5.92 Å². The highest BCUT2D eigenvalue weighted by atomic mass is 14.1. The fraction of sp³-hybridized carbons (Fsp3) is 0.778. The molecular weight excluding hydrogens is 108 g/mol. The van der Waals surface area contributed by atoms with Crippen LogP contribution in [0.5, 0.6) is 0 Å². The molecule has 0 amide bonds. The molecule has 0 aliphatic carbocycles. The van der Waals surface area contributed by atoms with Gasteiger partial charge in [0, 0.05) is 0 Å². The van der Waals surface area contributed by atoms with Crippen LogP contribution >= 0.6 is 0 Å². The molecule has 0 saturated carbocycles. The van der Waals surface area contributed by atoms with Crippen molar-refractivity contribution in [2.75, 3.05) is 0 Å². The fourth-order valence-electron chi connectivity index (χ4n) is 0.713. The Morgan fingerprint density at radius 3 is 2.11 bits per heavy atom. The van der Waals surface area contributed by atoms with Crippen LogP contribution in [-0.2, 0) is 0 Å². The molecule has 0 aromatic rings. The van der Waals surface area contributed by atoms with Crippen molar-refractivity contribution in [3.63, 3.8) is 0 Å². The lowest BCUT2D eigenvalue weighted by Crippen LogP contribution is -1.95. The maximum absolute atomic E-state index is 3.92. The van der Waals surface area contributed by atoms with Gasteiger partial charge in [-0.05, 0) is 11.8 Å². The molecule has 0 aromatic heterocycles. The number of rotatable bonds is 4. The van der Waals surface area contributed by atoms with Gasteiger partial charge in [0.1, 0.15) is 0 Å². The minimum Gasteiger partial charge on any atom is -0.0625 e. The molecule has 54 valence electrons. The normalized spacial score (nSPS) is 14.3. The molecule has 0 saturated heterocycles. The Hall–Kier alpha value is 0. The van der Waals surface area contributed by atoms with Crippen LogP contribution in [0.3, 0.4) is 0 Å². The van der Waals surface area contributed by atoms with Crippen LogP contribution < -0.4 is 0 Å². The molecule has 2 unspecified atom stereocenters. The number of hydrogen-bond acceptors (Lipinski definition) is 0. The molecule has 0 rings (SSSR count). The number of hydrogen-bond donors (Lipinski definition) is 0. The van der Waals surface area contributed by atoms with Crippen molar-refractivity contribution in [2.24, 2.45) is 11.8 Å². The first-order valence-electron chi connectivity index (χ1n) is 3.79. The summed E-state index contributed by atoms with van der Waals surface area (Å²) in [6.45, 7) is 12.2. The molecule has 0 heterocycles. The highest BCUT2D eigenvalue weighted by Crippen LogP contribution is 2.13. The van der Waals surface area contributed by atoms with Crippen molar-refractivity contribution in [3.8, 4) is 0 Å². The van der Waals surface area contributed by atoms with Gasteiger partial charge in [0.2, 0.25) is 0 Å². The Labute approximate surface area is 59.7 Å². The van der Waals surface area contributed by atoms with E-state index in [1.54, 1.807) is 0 Å². The molecule has 0 bridgehead atoms. The predicted molar refractivity (Wildman–Crippen MR) is 42.9 cm³/mol. The standard InChI is InChI=1S/C9H18/c1-5-9(4)7-6-8(2)3/h8-9H,1-2,5-7H2,3-4H3. The van der Waals surface area contributed by atoms with E-state index >= 15 is 0 Å². The third-order valence-electron chi connectivity index (χ3n) is 1.65. The van der Waals surface area contributed by atoms with Crippen molar-refractivity contribution in [1.82, 2.24) is 0 Å². The van der Waals surface area contributed by atoms with E-state index in [1.165, 1.54) is 12.8 Å². The molecule has 9 heavy (non-hydrogen) atoms. The molecule has 0 aliphatic rings. The zero-order valence-corrected chi connectivity index (χ0v) is 6.69. The lowest BCUT2D eigenvalue weighted by Gasteiger charge is -2.08. The Kier molecular flexibility index (Phi) is 4.84. The van der Waals surface area contributed by atoms with Gasteiger partial charge in [0.15, 0.2) is 0 Å². The monoisotopic (exact) mass is 126 g/mol. The molecule has 0 aromatic carbocycles. The van der Waals surface area contributed by atoms with Crippen LogP contribution in [0.25, 0.3) is 0 Å².